The molecule has 276 valence electrons. The van der Waals surface area contributed by atoms with Crippen molar-refractivity contribution in [1.82, 2.24) is 16.0 Å². The highest BCUT2D eigenvalue weighted by atomic mass is 16.6. The molecule has 0 heterocycles. The molecule has 1 aliphatic rings. The van der Waals surface area contributed by atoms with Crippen LogP contribution in [0.25, 0.3) is 11.1 Å². The van der Waals surface area contributed by atoms with E-state index in [2.05, 4.69) is 28.1 Å². The number of amides is 3. The van der Waals surface area contributed by atoms with Crippen molar-refractivity contribution in [3.05, 3.63) is 95.6 Å². The van der Waals surface area contributed by atoms with Gasteiger partial charge in [-0.25, -0.2) is 4.79 Å². The number of fused-ring (bicyclic) bond motifs is 3. The summed E-state index contributed by atoms with van der Waals surface area (Å²) in [6, 6.07) is 23.4. The normalized spacial score (nSPS) is 13.9. The van der Waals surface area contributed by atoms with E-state index in [9.17, 15) is 19.5 Å². The van der Waals surface area contributed by atoms with E-state index in [4.69, 9.17) is 24.7 Å². The summed E-state index contributed by atoms with van der Waals surface area (Å²) in [5.41, 5.74) is 10.5. The van der Waals surface area contributed by atoms with Crippen molar-refractivity contribution >= 4 is 17.9 Å². The molecule has 3 amide bonds. The van der Waals surface area contributed by atoms with Crippen LogP contribution < -0.4 is 21.7 Å². The van der Waals surface area contributed by atoms with Gasteiger partial charge in [-0.05, 0) is 46.6 Å². The number of alkyl carbamates (subject to hydrolysis) is 1. The lowest BCUT2D eigenvalue weighted by Gasteiger charge is -2.26. The maximum atomic E-state index is 13.5. The molecule has 3 atom stereocenters. The number of ether oxygens (including phenoxy) is 4. The Bertz CT molecular complexity index is 1480. The second-order valence-corrected chi connectivity index (χ2v) is 12.8. The third-order valence-electron chi connectivity index (χ3n) is 8.49. The molecule has 0 spiro atoms. The smallest absolute Gasteiger partial charge is 0.407 e. The number of rotatable bonds is 22. The highest BCUT2D eigenvalue weighted by molar-refractivity contribution is 5.90. The van der Waals surface area contributed by atoms with Crippen molar-refractivity contribution in [3.63, 3.8) is 0 Å². The molecule has 4 rings (SSSR count). The quantitative estimate of drug-likeness (QED) is 0.0987. The Labute approximate surface area is 300 Å². The van der Waals surface area contributed by atoms with Crippen LogP contribution in [0.15, 0.2) is 78.9 Å². The van der Waals surface area contributed by atoms with E-state index >= 15 is 0 Å². The van der Waals surface area contributed by atoms with Gasteiger partial charge in [-0.2, -0.15) is 0 Å². The summed E-state index contributed by atoms with van der Waals surface area (Å²) < 4.78 is 21.9. The highest BCUT2D eigenvalue weighted by Gasteiger charge is 2.33. The zero-order valence-corrected chi connectivity index (χ0v) is 29.6. The van der Waals surface area contributed by atoms with Crippen molar-refractivity contribution in [2.75, 3.05) is 59.3 Å². The van der Waals surface area contributed by atoms with Gasteiger partial charge in [0.05, 0.1) is 45.7 Å². The van der Waals surface area contributed by atoms with Crippen LogP contribution in [0.3, 0.4) is 0 Å². The van der Waals surface area contributed by atoms with Crippen LogP contribution in [0.4, 0.5) is 4.79 Å². The molecule has 51 heavy (non-hydrogen) atoms. The summed E-state index contributed by atoms with van der Waals surface area (Å²) in [4.78, 5) is 39.8. The Kier molecular flexibility index (Phi) is 16.3. The minimum absolute atomic E-state index is 0.0690. The van der Waals surface area contributed by atoms with Gasteiger partial charge >= 0.3 is 6.09 Å². The maximum Gasteiger partial charge on any atom is 0.407 e. The number of hydrogen-bond acceptors (Lipinski definition) is 9. The standard InChI is InChI=1S/C39H52N4O8/c1-27(2)24-35(37(45)41-17-19-49-21-23-50-22-20-48-18-16-40)42-38(46)36(44)34(25-28-10-4-3-5-11-28)43-39(47)51-26-33-31-14-8-6-12-29(31)30-13-7-9-15-32(30)33/h3-15,27,33-36,44H,16-26,40H2,1-2H3,(H,41,45)(H,42,46)(H,43,47)/t34-,35+,36+/m1/s1. The van der Waals surface area contributed by atoms with E-state index in [0.29, 0.717) is 46.0 Å². The van der Waals surface area contributed by atoms with E-state index in [-0.39, 0.29) is 38.0 Å². The molecule has 6 N–H and O–H groups in total. The van der Waals surface area contributed by atoms with E-state index in [1.54, 1.807) is 0 Å². The average Bonchev–Trinajstić information content (AvgIpc) is 3.45. The molecule has 0 aromatic heterocycles. The largest absolute Gasteiger partial charge is 0.449 e. The molecule has 3 aromatic rings. The van der Waals surface area contributed by atoms with Gasteiger partial charge in [0.2, 0.25) is 5.91 Å². The van der Waals surface area contributed by atoms with Gasteiger partial charge in [-0.1, -0.05) is 92.7 Å². The molecule has 12 nitrogen and oxygen atoms in total. The number of aliphatic hydroxyl groups is 1. The molecule has 0 saturated heterocycles. The fourth-order valence-electron chi connectivity index (χ4n) is 6.04. The van der Waals surface area contributed by atoms with Gasteiger partial charge in [-0.3, -0.25) is 9.59 Å². The lowest BCUT2D eigenvalue weighted by atomic mass is 9.98. The van der Waals surface area contributed by atoms with Crippen LogP contribution >= 0.6 is 0 Å². The summed E-state index contributed by atoms with van der Waals surface area (Å²) in [6.45, 7) is 7.03. The van der Waals surface area contributed by atoms with Gasteiger partial charge in [0.25, 0.3) is 5.91 Å². The minimum Gasteiger partial charge on any atom is -0.449 e. The molecule has 12 heteroatoms. The summed E-state index contributed by atoms with van der Waals surface area (Å²) in [7, 11) is 0. The zero-order valence-electron chi connectivity index (χ0n) is 29.6. The summed E-state index contributed by atoms with van der Waals surface area (Å²) in [5, 5.41) is 19.5. The van der Waals surface area contributed by atoms with Crippen molar-refractivity contribution in [1.29, 1.82) is 0 Å². The third kappa shape index (κ3) is 12.4. The van der Waals surface area contributed by atoms with Crippen molar-refractivity contribution < 1.29 is 38.4 Å². The number of carbonyl (C=O) groups is 3. The predicted octanol–water partition coefficient (Wildman–Crippen LogP) is 3.15. The average molecular weight is 705 g/mol. The number of nitrogens with one attached hydrogen (secondary N) is 3. The van der Waals surface area contributed by atoms with Crippen molar-refractivity contribution in [2.24, 2.45) is 11.7 Å². The monoisotopic (exact) mass is 704 g/mol. The second kappa shape index (κ2) is 21.1. The van der Waals surface area contributed by atoms with Crippen LogP contribution in [-0.2, 0) is 35.0 Å². The van der Waals surface area contributed by atoms with Gasteiger partial charge in [0.15, 0.2) is 6.10 Å². The molecule has 0 aliphatic heterocycles. The molecule has 0 fully saturated rings. The van der Waals surface area contributed by atoms with E-state index in [0.717, 1.165) is 27.8 Å². The molecule has 0 unspecified atom stereocenters. The van der Waals surface area contributed by atoms with Gasteiger partial charge in [-0.15, -0.1) is 0 Å². The fraction of sp³-hybridized carbons (Fsp3) is 0.462. The zero-order chi connectivity index (χ0) is 36.4. The Morgan fingerprint density at radius 2 is 1.31 bits per heavy atom. The first-order valence-corrected chi connectivity index (χ1v) is 17.6. The van der Waals surface area contributed by atoms with Gasteiger partial charge < -0.3 is 45.7 Å². The van der Waals surface area contributed by atoms with Crippen LogP contribution in [0.5, 0.6) is 0 Å². The first kappa shape index (κ1) is 39.5. The van der Waals surface area contributed by atoms with Crippen LogP contribution in [0.1, 0.15) is 42.9 Å². The van der Waals surface area contributed by atoms with Crippen molar-refractivity contribution in [2.45, 2.75) is 50.8 Å². The molecule has 0 saturated carbocycles. The second-order valence-electron chi connectivity index (χ2n) is 12.8. The number of hydrogen-bond donors (Lipinski definition) is 5. The number of nitrogens with two attached hydrogens (primary N) is 1. The predicted molar refractivity (Wildman–Crippen MR) is 194 cm³/mol. The molecular formula is C39H52N4O8. The molecule has 0 radical (unpaired) electrons. The Morgan fingerprint density at radius 1 is 0.745 bits per heavy atom. The van der Waals surface area contributed by atoms with Crippen LogP contribution in [-0.4, -0.2) is 101 Å². The minimum atomic E-state index is -1.67. The summed E-state index contributed by atoms with van der Waals surface area (Å²) in [6.07, 6.45) is -1.93. The molecule has 0 bridgehead atoms. The van der Waals surface area contributed by atoms with E-state index < -0.39 is 36.1 Å². The lowest BCUT2D eigenvalue weighted by molar-refractivity contribution is -0.135. The Hall–Kier alpha value is -4.33. The topological polar surface area (TPSA) is 170 Å². The van der Waals surface area contributed by atoms with Crippen molar-refractivity contribution in [3.8, 4) is 11.1 Å². The Balaban J connectivity index is 1.31. The van der Waals surface area contributed by atoms with E-state index in [1.165, 1.54) is 0 Å². The first-order valence-electron chi connectivity index (χ1n) is 17.6. The summed E-state index contributed by atoms with van der Waals surface area (Å²) in [5.74, 6) is -1.26. The number of benzene rings is 3. The number of aliphatic hydroxyl groups excluding tert-OH is 1. The van der Waals surface area contributed by atoms with E-state index in [1.807, 2.05) is 80.6 Å². The molecule has 1 aliphatic carbocycles. The fourth-order valence-corrected chi connectivity index (χ4v) is 6.04. The SMILES string of the molecule is CC(C)C[C@H](NC(=O)[C@@H](O)[C@@H](Cc1ccccc1)NC(=O)OCC1c2ccccc2-c2ccccc21)C(=O)NCCOCCOCCOCCN. The van der Waals surface area contributed by atoms with Gasteiger partial charge in [0.1, 0.15) is 12.6 Å². The van der Waals surface area contributed by atoms with Crippen LogP contribution in [0, 0.1) is 5.92 Å². The summed E-state index contributed by atoms with van der Waals surface area (Å²) >= 11 is 0. The van der Waals surface area contributed by atoms with Gasteiger partial charge in [0, 0.05) is 19.0 Å². The highest BCUT2D eigenvalue weighted by Crippen LogP contribution is 2.44. The Morgan fingerprint density at radius 3 is 1.92 bits per heavy atom. The van der Waals surface area contributed by atoms with Crippen LogP contribution in [0.2, 0.25) is 0 Å². The molecular weight excluding hydrogens is 652 g/mol. The maximum absolute atomic E-state index is 13.5. The molecule has 3 aromatic carbocycles. The first-order chi connectivity index (χ1) is 24.8. The number of carbonyl (C=O) groups excluding carboxylic acids is 3. The lowest BCUT2D eigenvalue weighted by Crippen LogP contribution is -2.56. The third-order valence-corrected chi connectivity index (χ3v) is 8.49.